The van der Waals surface area contributed by atoms with Crippen molar-refractivity contribution < 1.29 is 30.0 Å². The molecule has 0 saturated carbocycles. The zero-order valence-electron chi connectivity index (χ0n) is 25.1. The smallest absolute Gasteiger partial charge is 0.162 e. The Morgan fingerprint density at radius 1 is 0.833 bits per heavy atom. The molecule has 0 aliphatic rings. The van der Waals surface area contributed by atoms with E-state index in [4.69, 9.17) is 4.98 Å². The number of pyridine rings is 1. The van der Waals surface area contributed by atoms with Crippen LogP contribution in [0.25, 0.3) is 49.1 Å². The van der Waals surface area contributed by atoms with Gasteiger partial charge in [-0.15, -0.1) is 23.1 Å². The molecule has 6 aromatic rings. The van der Waals surface area contributed by atoms with Crippen LogP contribution in [0.5, 0.6) is 0 Å². The van der Waals surface area contributed by atoms with Gasteiger partial charge >= 0.3 is 0 Å². The minimum absolute atomic E-state index is 0. The molecule has 2 aromatic heterocycles. The summed E-state index contributed by atoms with van der Waals surface area (Å²) in [5, 5.41) is 15.7. The van der Waals surface area contributed by atoms with Crippen LogP contribution in [0.3, 0.4) is 0 Å². The molecular weight excluding hydrogens is 697 g/mol. The van der Waals surface area contributed by atoms with E-state index >= 15 is 0 Å². The largest absolute Gasteiger partial charge is 0.512 e. The van der Waals surface area contributed by atoms with E-state index in [-0.39, 0.29) is 43.5 Å². The number of aliphatic hydroxyl groups excluding tert-OH is 1. The molecule has 2 heterocycles. The number of benzene rings is 4. The molecule has 42 heavy (non-hydrogen) atoms. The molecule has 0 spiro atoms. The van der Waals surface area contributed by atoms with Crippen molar-refractivity contribution in [1.29, 1.82) is 0 Å². The van der Waals surface area contributed by atoms with Gasteiger partial charge in [-0.2, -0.15) is 0 Å². The van der Waals surface area contributed by atoms with Gasteiger partial charge in [-0.3, -0.25) is 9.78 Å². The molecule has 0 amide bonds. The number of hydrogen-bond donors (Lipinski definition) is 1. The van der Waals surface area contributed by atoms with Crippen LogP contribution in [-0.2, 0) is 24.9 Å². The summed E-state index contributed by atoms with van der Waals surface area (Å²) in [6.45, 7) is 10.3. The number of para-hydroxylation sites is 3. The molecule has 0 atom stereocenters. The molecule has 1 N–H and O–H groups in total. The van der Waals surface area contributed by atoms with Crippen LogP contribution >= 0.6 is 0 Å². The SMILES string of the molecule is CCC(CC)C(=O)/C=C(\O)C(CC)CC.Cc1c2ccccc2[c-]c2c1c1ccccc1n1c3ccccc3nc21.[Ir]. The quantitative estimate of drug-likeness (QED) is 0.0584. The van der Waals surface area contributed by atoms with Crippen LogP contribution in [-0.4, -0.2) is 20.3 Å². The molecule has 0 aliphatic heterocycles. The van der Waals surface area contributed by atoms with Gasteiger partial charge in [-0.05, 0) is 49.3 Å². The first-order valence-electron chi connectivity index (χ1n) is 14.9. The fourth-order valence-corrected chi connectivity index (χ4v) is 6.04. The average molecular weight is 736 g/mol. The van der Waals surface area contributed by atoms with Crippen LogP contribution in [0, 0.1) is 24.8 Å². The number of allylic oxidation sites excluding steroid dienone is 2. The Kier molecular flexibility index (Phi) is 10.2. The summed E-state index contributed by atoms with van der Waals surface area (Å²) < 4.78 is 2.28. The van der Waals surface area contributed by atoms with Crippen LogP contribution in [0.2, 0.25) is 0 Å². The van der Waals surface area contributed by atoms with Gasteiger partial charge in [0.1, 0.15) is 0 Å². The van der Waals surface area contributed by atoms with Crippen molar-refractivity contribution in [3.8, 4) is 0 Å². The maximum atomic E-state index is 11.7. The zero-order chi connectivity index (χ0) is 29.1. The minimum Gasteiger partial charge on any atom is -0.512 e. The van der Waals surface area contributed by atoms with Gasteiger partial charge in [0, 0.05) is 43.5 Å². The van der Waals surface area contributed by atoms with E-state index < -0.39 is 0 Å². The van der Waals surface area contributed by atoms with Crippen molar-refractivity contribution >= 4 is 54.9 Å². The number of carbonyl (C=O) groups excluding carboxylic acids is 1. The van der Waals surface area contributed by atoms with Crippen molar-refractivity contribution in [2.24, 2.45) is 11.8 Å². The number of imidazole rings is 1. The predicted molar refractivity (Wildman–Crippen MR) is 173 cm³/mol. The first-order valence-corrected chi connectivity index (χ1v) is 14.9. The Balaban J connectivity index is 0.000000221. The molecule has 219 valence electrons. The van der Waals surface area contributed by atoms with Gasteiger partial charge in [0.2, 0.25) is 0 Å². The number of hydrogen-bond acceptors (Lipinski definition) is 3. The van der Waals surface area contributed by atoms with Crippen molar-refractivity contribution in [2.45, 2.75) is 60.3 Å². The number of aromatic nitrogens is 2. The molecule has 0 fully saturated rings. The molecule has 0 unspecified atom stereocenters. The third kappa shape index (κ3) is 5.73. The second-order valence-electron chi connectivity index (χ2n) is 10.8. The molecule has 1 radical (unpaired) electrons. The summed E-state index contributed by atoms with van der Waals surface area (Å²) in [4.78, 5) is 16.7. The molecule has 4 aromatic carbocycles. The van der Waals surface area contributed by atoms with Gasteiger partial charge in [0.25, 0.3) is 0 Å². The third-order valence-electron chi connectivity index (χ3n) is 8.50. The van der Waals surface area contributed by atoms with Crippen molar-refractivity contribution in [1.82, 2.24) is 9.38 Å². The molecule has 4 nitrogen and oxygen atoms in total. The number of carbonyl (C=O) groups is 1. The van der Waals surface area contributed by atoms with E-state index in [9.17, 15) is 9.90 Å². The number of rotatable bonds is 7. The minimum atomic E-state index is 0. The van der Waals surface area contributed by atoms with Crippen molar-refractivity contribution in [2.75, 3.05) is 0 Å². The van der Waals surface area contributed by atoms with E-state index in [1.165, 1.54) is 33.3 Å². The van der Waals surface area contributed by atoms with Gasteiger partial charge in [-0.25, -0.2) is 0 Å². The molecule has 6 rings (SSSR count). The summed E-state index contributed by atoms with van der Waals surface area (Å²) in [5.74, 6) is 0.547. The van der Waals surface area contributed by atoms with Crippen molar-refractivity contribution in [3.05, 3.63) is 96.3 Å². The number of ketones is 1. The van der Waals surface area contributed by atoms with Crippen LogP contribution in [0.4, 0.5) is 0 Å². The third-order valence-corrected chi connectivity index (χ3v) is 8.50. The van der Waals surface area contributed by atoms with E-state index in [1.807, 2.05) is 33.8 Å². The first kappa shape index (κ1) is 31.4. The summed E-state index contributed by atoms with van der Waals surface area (Å²) in [5.41, 5.74) is 5.62. The Hall–Kier alpha value is -3.53. The molecule has 0 aliphatic carbocycles. The fraction of sp³-hybridized carbons (Fsp3) is 0.297. The average Bonchev–Trinajstić information content (AvgIpc) is 3.39. The Labute approximate surface area is 261 Å². The van der Waals surface area contributed by atoms with Crippen LogP contribution < -0.4 is 0 Å². The summed E-state index contributed by atoms with van der Waals surface area (Å²) in [6.07, 6.45) is 4.91. The monoisotopic (exact) mass is 736 g/mol. The van der Waals surface area contributed by atoms with Crippen LogP contribution in [0.1, 0.15) is 58.9 Å². The summed E-state index contributed by atoms with van der Waals surface area (Å²) in [7, 11) is 0. The molecule has 5 heteroatoms. The molecule has 0 saturated heterocycles. The maximum Gasteiger partial charge on any atom is 0.162 e. The summed E-state index contributed by atoms with van der Waals surface area (Å²) in [6, 6.07) is 29.1. The van der Waals surface area contributed by atoms with Crippen molar-refractivity contribution in [3.63, 3.8) is 0 Å². The maximum absolute atomic E-state index is 11.7. The summed E-state index contributed by atoms with van der Waals surface area (Å²) >= 11 is 0. The van der Waals surface area contributed by atoms with Gasteiger partial charge in [0.15, 0.2) is 5.78 Å². The Morgan fingerprint density at radius 2 is 1.40 bits per heavy atom. The zero-order valence-corrected chi connectivity index (χ0v) is 27.5. The second-order valence-corrected chi connectivity index (χ2v) is 10.8. The van der Waals surface area contributed by atoms with E-state index in [0.717, 1.165) is 53.1 Å². The van der Waals surface area contributed by atoms with E-state index in [0.29, 0.717) is 0 Å². The van der Waals surface area contributed by atoms with E-state index in [1.54, 1.807) is 0 Å². The van der Waals surface area contributed by atoms with Crippen LogP contribution in [0.15, 0.2) is 84.6 Å². The number of nitrogens with zero attached hydrogens (tertiary/aromatic N) is 2. The second kappa shape index (κ2) is 13.6. The first-order chi connectivity index (χ1) is 19.9. The van der Waals surface area contributed by atoms with E-state index in [2.05, 4.69) is 84.1 Å². The van der Waals surface area contributed by atoms with Gasteiger partial charge in [-0.1, -0.05) is 99.3 Å². The van der Waals surface area contributed by atoms with Gasteiger partial charge in [0.05, 0.1) is 22.4 Å². The normalized spacial score (nSPS) is 11.9. The molecule has 0 bridgehead atoms. The molecular formula is C37H39IrN2O2-. The predicted octanol–water partition coefficient (Wildman–Crippen LogP) is 9.92. The Morgan fingerprint density at radius 3 is 2.07 bits per heavy atom. The number of fused-ring (bicyclic) bond motifs is 9. The number of aliphatic hydroxyl groups is 1. The van der Waals surface area contributed by atoms with Gasteiger partial charge < -0.3 is 9.51 Å². The topological polar surface area (TPSA) is 54.6 Å². The fourth-order valence-electron chi connectivity index (χ4n) is 6.04. The standard InChI is InChI=1S/C24H15N2.C13H24O2.Ir/c1-15-17-9-3-2-8-16(17)14-19-23(15)18-10-4-6-12-21(18)26-22-13-7-5-11-20(22)25-24(19)26;1-5-10(6-2)12(14)9-13(15)11(7-3)8-4;/h2-13H,1H3;9-11,14H,5-8H2,1-4H3;/q-1;;/b;12-9-;. The number of aryl methyl sites for hydroxylation is 1. The Bertz CT molecular complexity index is 1900.